The molecule has 0 amide bonds. The van der Waals surface area contributed by atoms with Crippen molar-refractivity contribution in [1.82, 2.24) is 0 Å². The van der Waals surface area contributed by atoms with E-state index in [-0.39, 0.29) is 5.75 Å². The molecule has 2 N–H and O–H groups in total. The summed E-state index contributed by atoms with van der Waals surface area (Å²) in [5.41, 5.74) is 7.30. The van der Waals surface area contributed by atoms with E-state index in [2.05, 4.69) is 0 Å². The highest BCUT2D eigenvalue weighted by atomic mass is 35.5. The first kappa shape index (κ1) is 13.7. The van der Waals surface area contributed by atoms with Crippen molar-refractivity contribution in [2.24, 2.45) is 0 Å². The van der Waals surface area contributed by atoms with E-state index in [1.54, 1.807) is 18.2 Å². The van der Waals surface area contributed by atoms with Crippen LogP contribution in [0, 0.1) is 0 Å². The first-order valence-electron chi connectivity index (χ1n) is 4.68. The van der Waals surface area contributed by atoms with E-state index in [1.807, 2.05) is 0 Å². The van der Waals surface area contributed by atoms with Crippen LogP contribution in [0.4, 0.5) is 5.69 Å². The number of rotatable bonds is 5. The van der Waals surface area contributed by atoms with Crippen LogP contribution in [0.25, 0.3) is 0 Å². The van der Waals surface area contributed by atoms with Gasteiger partial charge in [0.2, 0.25) is 0 Å². The summed E-state index contributed by atoms with van der Waals surface area (Å²) in [5.74, 6) is 1.38. The highest BCUT2D eigenvalue weighted by molar-refractivity contribution is 7.99. The third-order valence-electron chi connectivity index (χ3n) is 2.00. The minimum atomic E-state index is -2.88. The number of nitrogens with two attached hydrogens (primary N) is 1. The van der Waals surface area contributed by atoms with Crippen molar-refractivity contribution in [1.29, 1.82) is 0 Å². The predicted octanol–water partition coefficient (Wildman–Crippen LogP) is 2.20. The third kappa shape index (κ3) is 4.63. The summed E-state index contributed by atoms with van der Waals surface area (Å²) < 4.78 is 21.8. The summed E-state index contributed by atoms with van der Waals surface area (Å²) >= 11 is 7.50. The Balaban J connectivity index is 2.49. The second-order valence-corrected chi connectivity index (χ2v) is 7.26. The molecule has 0 aliphatic carbocycles. The van der Waals surface area contributed by atoms with Crippen LogP contribution < -0.4 is 5.73 Å². The van der Waals surface area contributed by atoms with Crippen molar-refractivity contribution in [3.05, 3.63) is 28.8 Å². The Hall–Kier alpha value is -0.390. The molecule has 90 valence electrons. The van der Waals surface area contributed by atoms with Gasteiger partial charge in [-0.3, -0.25) is 0 Å². The van der Waals surface area contributed by atoms with Crippen molar-refractivity contribution in [2.75, 3.05) is 23.5 Å². The topological polar surface area (TPSA) is 60.2 Å². The van der Waals surface area contributed by atoms with Crippen molar-refractivity contribution in [3.63, 3.8) is 0 Å². The fraction of sp³-hybridized carbons (Fsp3) is 0.400. The molecular weight excluding hydrogens is 266 g/mol. The third-order valence-corrected chi connectivity index (χ3v) is 4.54. The summed E-state index contributed by atoms with van der Waals surface area (Å²) in [4.78, 5) is 0. The van der Waals surface area contributed by atoms with Crippen LogP contribution in [-0.2, 0) is 15.6 Å². The van der Waals surface area contributed by atoms with Gasteiger partial charge in [0.1, 0.15) is 9.84 Å². The molecule has 0 aliphatic heterocycles. The highest BCUT2D eigenvalue weighted by Crippen LogP contribution is 2.26. The smallest absolute Gasteiger partial charge is 0.148 e. The quantitative estimate of drug-likeness (QED) is 0.663. The molecule has 0 aromatic heterocycles. The van der Waals surface area contributed by atoms with Crippen LogP contribution in [-0.4, -0.2) is 26.2 Å². The van der Waals surface area contributed by atoms with Crippen LogP contribution in [0.2, 0.25) is 5.02 Å². The normalized spacial score (nSPS) is 11.6. The lowest BCUT2D eigenvalue weighted by Gasteiger charge is -2.07. The molecule has 0 atom stereocenters. The Morgan fingerprint density at radius 1 is 1.44 bits per heavy atom. The molecule has 6 heteroatoms. The molecule has 0 bridgehead atoms. The number of anilines is 1. The van der Waals surface area contributed by atoms with Gasteiger partial charge in [0, 0.05) is 34.0 Å². The van der Waals surface area contributed by atoms with Crippen molar-refractivity contribution >= 4 is 38.9 Å². The Bertz CT molecular complexity index is 440. The molecule has 1 rings (SSSR count). The van der Waals surface area contributed by atoms with Gasteiger partial charge in [0.25, 0.3) is 0 Å². The van der Waals surface area contributed by atoms with Gasteiger partial charge in [0.05, 0.1) is 5.75 Å². The summed E-state index contributed by atoms with van der Waals surface area (Å²) in [6.07, 6.45) is 1.23. The van der Waals surface area contributed by atoms with E-state index < -0.39 is 9.84 Å². The number of sulfone groups is 1. The second kappa shape index (κ2) is 5.80. The molecule has 0 radical (unpaired) electrons. The summed E-state index contributed by atoms with van der Waals surface area (Å²) in [7, 11) is -2.88. The van der Waals surface area contributed by atoms with Gasteiger partial charge in [-0.05, 0) is 12.1 Å². The average molecular weight is 280 g/mol. The predicted molar refractivity (Wildman–Crippen MR) is 71.7 cm³/mol. The average Bonchev–Trinajstić information content (AvgIpc) is 2.14. The zero-order chi connectivity index (χ0) is 12.2. The standard InChI is InChI=1S/C10H14ClNO2S2/c1-16(13,14)6-5-15-7-8-9(11)3-2-4-10(8)12/h2-4H,5-7,12H2,1H3. The lowest BCUT2D eigenvalue weighted by atomic mass is 10.2. The molecule has 0 unspecified atom stereocenters. The van der Waals surface area contributed by atoms with Crippen molar-refractivity contribution < 1.29 is 8.42 Å². The fourth-order valence-electron chi connectivity index (χ4n) is 1.11. The number of thioether (sulfide) groups is 1. The van der Waals surface area contributed by atoms with Gasteiger partial charge in [-0.15, -0.1) is 0 Å². The van der Waals surface area contributed by atoms with Gasteiger partial charge in [0.15, 0.2) is 0 Å². The first-order chi connectivity index (χ1) is 7.40. The summed E-state index contributed by atoms with van der Waals surface area (Å²) in [6.45, 7) is 0. The first-order valence-corrected chi connectivity index (χ1v) is 8.28. The maximum Gasteiger partial charge on any atom is 0.148 e. The van der Waals surface area contributed by atoms with Crippen LogP contribution in [0.3, 0.4) is 0 Å². The summed E-state index contributed by atoms with van der Waals surface area (Å²) in [6, 6.07) is 5.37. The number of hydrogen-bond acceptors (Lipinski definition) is 4. The largest absolute Gasteiger partial charge is 0.398 e. The number of nitrogen functional groups attached to an aromatic ring is 1. The Morgan fingerprint density at radius 3 is 2.69 bits per heavy atom. The Kier molecular flexibility index (Phi) is 4.95. The van der Waals surface area contributed by atoms with Crippen LogP contribution in [0.1, 0.15) is 5.56 Å². The molecule has 0 heterocycles. The van der Waals surface area contributed by atoms with E-state index in [4.69, 9.17) is 17.3 Å². The van der Waals surface area contributed by atoms with E-state index in [0.717, 1.165) is 5.56 Å². The zero-order valence-electron chi connectivity index (χ0n) is 8.94. The Morgan fingerprint density at radius 2 is 2.12 bits per heavy atom. The molecule has 0 saturated heterocycles. The van der Waals surface area contributed by atoms with E-state index >= 15 is 0 Å². The number of benzene rings is 1. The molecule has 1 aromatic rings. The maximum absolute atomic E-state index is 10.9. The molecule has 0 aliphatic rings. The van der Waals surface area contributed by atoms with Gasteiger partial charge in [-0.25, -0.2) is 8.42 Å². The van der Waals surface area contributed by atoms with Gasteiger partial charge in [-0.1, -0.05) is 17.7 Å². The SMILES string of the molecule is CS(=O)(=O)CCSCc1c(N)cccc1Cl. The summed E-state index contributed by atoms with van der Waals surface area (Å²) in [5, 5.41) is 0.631. The van der Waals surface area contributed by atoms with Gasteiger partial charge < -0.3 is 5.73 Å². The zero-order valence-corrected chi connectivity index (χ0v) is 11.3. The second-order valence-electron chi connectivity index (χ2n) is 3.49. The van der Waals surface area contributed by atoms with Gasteiger partial charge in [-0.2, -0.15) is 11.8 Å². The highest BCUT2D eigenvalue weighted by Gasteiger charge is 2.06. The van der Waals surface area contributed by atoms with Crippen molar-refractivity contribution in [3.8, 4) is 0 Å². The monoisotopic (exact) mass is 279 g/mol. The minimum Gasteiger partial charge on any atom is -0.398 e. The molecule has 16 heavy (non-hydrogen) atoms. The lowest BCUT2D eigenvalue weighted by molar-refractivity contribution is 0.603. The lowest BCUT2D eigenvalue weighted by Crippen LogP contribution is -2.05. The number of halogens is 1. The van der Waals surface area contributed by atoms with Gasteiger partial charge >= 0.3 is 0 Å². The van der Waals surface area contributed by atoms with E-state index in [1.165, 1.54) is 18.0 Å². The van der Waals surface area contributed by atoms with E-state index in [9.17, 15) is 8.42 Å². The Labute approximate surface area is 105 Å². The minimum absolute atomic E-state index is 0.183. The van der Waals surface area contributed by atoms with Crippen LogP contribution in [0.5, 0.6) is 0 Å². The molecule has 1 aromatic carbocycles. The number of hydrogen-bond donors (Lipinski definition) is 1. The van der Waals surface area contributed by atoms with Crippen molar-refractivity contribution in [2.45, 2.75) is 5.75 Å². The fourth-order valence-corrected chi connectivity index (χ4v) is 3.79. The molecule has 0 saturated carbocycles. The molecule has 0 fully saturated rings. The molecular formula is C10H14ClNO2S2. The van der Waals surface area contributed by atoms with Crippen LogP contribution >= 0.6 is 23.4 Å². The van der Waals surface area contributed by atoms with Crippen LogP contribution in [0.15, 0.2) is 18.2 Å². The van der Waals surface area contributed by atoms with E-state index in [0.29, 0.717) is 22.2 Å². The molecule has 0 spiro atoms. The molecule has 3 nitrogen and oxygen atoms in total. The maximum atomic E-state index is 10.9.